The molecule has 0 atom stereocenters. The predicted molar refractivity (Wildman–Crippen MR) is 115 cm³/mol. The van der Waals surface area contributed by atoms with Gasteiger partial charge in [-0.2, -0.15) is 5.10 Å². The van der Waals surface area contributed by atoms with Crippen LogP contribution in [0.2, 0.25) is 0 Å². The van der Waals surface area contributed by atoms with Crippen molar-refractivity contribution in [1.82, 2.24) is 9.13 Å². The molecule has 146 valence electrons. The summed E-state index contributed by atoms with van der Waals surface area (Å²) in [6.45, 7) is 4.03. The van der Waals surface area contributed by atoms with Gasteiger partial charge in [0.05, 0.1) is 11.3 Å². The first-order valence-corrected chi connectivity index (χ1v) is 9.44. The maximum Gasteiger partial charge on any atom is 0.330 e. The van der Waals surface area contributed by atoms with E-state index >= 15 is 0 Å². The fourth-order valence-corrected chi connectivity index (χ4v) is 3.50. The molecule has 2 heterocycles. The number of fused-ring (bicyclic) bond motifs is 1. The van der Waals surface area contributed by atoms with Crippen molar-refractivity contribution in [1.29, 1.82) is 0 Å². The molecular weight excluding hydrogens is 364 g/mol. The third kappa shape index (κ3) is 3.27. The van der Waals surface area contributed by atoms with Gasteiger partial charge in [0.2, 0.25) is 0 Å². The molecule has 6 nitrogen and oxygen atoms in total. The minimum atomic E-state index is -0.359. The number of benzene rings is 2. The number of aryl methyl sites for hydroxylation is 2. The van der Waals surface area contributed by atoms with Gasteiger partial charge in [0.25, 0.3) is 5.56 Å². The van der Waals surface area contributed by atoms with Crippen molar-refractivity contribution in [3.05, 3.63) is 103 Å². The highest BCUT2D eigenvalue weighted by Crippen LogP contribution is 2.19. The zero-order valence-electron chi connectivity index (χ0n) is 16.9. The van der Waals surface area contributed by atoms with Gasteiger partial charge in [0.15, 0.2) is 0 Å². The first-order valence-electron chi connectivity index (χ1n) is 9.44. The van der Waals surface area contributed by atoms with E-state index in [2.05, 4.69) is 10.2 Å². The second-order valence-electron chi connectivity index (χ2n) is 7.43. The summed E-state index contributed by atoms with van der Waals surface area (Å²) in [5.41, 5.74) is 5.50. The summed E-state index contributed by atoms with van der Waals surface area (Å²) in [5.74, 6) is 0. The molecule has 0 bridgehead atoms. The molecule has 0 fully saturated rings. The lowest BCUT2D eigenvalue weighted by molar-refractivity contribution is 0.660. The van der Waals surface area contributed by atoms with Crippen LogP contribution in [0.3, 0.4) is 0 Å². The smallest absolute Gasteiger partial charge is 0.300 e. The monoisotopic (exact) mass is 386 g/mol. The number of rotatable bonds is 2. The van der Waals surface area contributed by atoms with Crippen LogP contribution in [0.25, 0.3) is 0 Å². The largest absolute Gasteiger partial charge is 0.330 e. The highest BCUT2D eigenvalue weighted by Gasteiger charge is 2.25. The number of nitrogens with zero attached hydrogens (tertiary/aromatic N) is 4. The lowest BCUT2D eigenvalue weighted by Gasteiger charge is -2.15. The molecule has 1 aliphatic heterocycles. The topological polar surface area (TPSA) is 68.7 Å². The highest BCUT2D eigenvalue weighted by atomic mass is 16.2. The van der Waals surface area contributed by atoms with E-state index in [1.165, 1.54) is 11.6 Å². The second-order valence-corrected chi connectivity index (χ2v) is 7.43. The Labute approximate surface area is 168 Å². The number of aromatic nitrogens is 2. The molecule has 29 heavy (non-hydrogen) atoms. The Morgan fingerprint density at radius 1 is 0.759 bits per heavy atom. The standard InChI is InChI=1S/C23H22N4O2/c1-14-5-9-16(10-6-14)18-13-19-20(22(28)27(4)23(29)26(19)3)21(25-24-18)17-11-7-15(2)8-12-17/h5-12H,13H2,1-4H3. The zero-order valence-corrected chi connectivity index (χ0v) is 16.9. The van der Waals surface area contributed by atoms with Crippen LogP contribution < -0.4 is 11.2 Å². The van der Waals surface area contributed by atoms with Crippen LogP contribution in [-0.4, -0.2) is 20.6 Å². The third-order valence-electron chi connectivity index (χ3n) is 5.34. The van der Waals surface area contributed by atoms with Crippen molar-refractivity contribution in [3.8, 4) is 0 Å². The van der Waals surface area contributed by atoms with Crippen LogP contribution in [0.15, 0.2) is 68.3 Å². The fourth-order valence-electron chi connectivity index (χ4n) is 3.50. The van der Waals surface area contributed by atoms with E-state index in [1.54, 1.807) is 7.05 Å². The molecular formula is C23H22N4O2. The van der Waals surface area contributed by atoms with Gasteiger partial charge in [-0.3, -0.25) is 13.9 Å². The Morgan fingerprint density at radius 3 is 1.90 bits per heavy atom. The Kier molecular flexibility index (Phi) is 4.62. The molecule has 0 amide bonds. The van der Waals surface area contributed by atoms with Gasteiger partial charge in [0.1, 0.15) is 5.71 Å². The van der Waals surface area contributed by atoms with E-state index in [9.17, 15) is 9.59 Å². The summed E-state index contributed by atoms with van der Waals surface area (Å²) >= 11 is 0. The molecule has 0 unspecified atom stereocenters. The number of hydrogen-bond acceptors (Lipinski definition) is 4. The molecule has 0 spiro atoms. The van der Waals surface area contributed by atoms with E-state index in [0.717, 1.165) is 32.5 Å². The van der Waals surface area contributed by atoms with Gasteiger partial charge in [-0.25, -0.2) is 4.79 Å². The van der Waals surface area contributed by atoms with Gasteiger partial charge < -0.3 is 0 Å². The van der Waals surface area contributed by atoms with Crippen molar-refractivity contribution < 1.29 is 0 Å². The van der Waals surface area contributed by atoms with Crippen LogP contribution in [0, 0.1) is 13.8 Å². The summed E-state index contributed by atoms with van der Waals surface area (Å²) in [4.78, 5) is 25.7. The van der Waals surface area contributed by atoms with Crippen molar-refractivity contribution in [2.45, 2.75) is 20.3 Å². The average Bonchev–Trinajstić information content (AvgIpc) is 2.92. The van der Waals surface area contributed by atoms with E-state index in [0.29, 0.717) is 23.4 Å². The van der Waals surface area contributed by atoms with Crippen molar-refractivity contribution in [3.63, 3.8) is 0 Å². The van der Waals surface area contributed by atoms with Crippen LogP contribution in [-0.2, 0) is 20.5 Å². The third-order valence-corrected chi connectivity index (χ3v) is 5.34. The molecule has 0 N–H and O–H groups in total. The van der Waals surface area contributed by atoms with Gasteiger partial charge in [-0.1, -0.05) is 59.7 Å². The maximum absolute atomic E-state index is 13.1. The Bertz CT molecular complexity index is 1270. The lowest BCUT2D eigenvalue weighted by Crippen LogP contribution is -2.42. The molecule has 6 heteroatoms. The highest BCUT2D eigenvalue weighted by molar-refractivity contribution is 6.15. The first kappa shape index (κ1) is 18.8. The quantitative estimate of drug-likeness (QED) is 0.679. The van der Waals surface area contributed by atoms with Crippen molar-refractivity contribution in [2.75, 3.05) is 0 Å². The maximum atomic E-state index is 13.1. The zero-order chi connectivity index (χ0) is 20.7. The molecule has 4 rings (SSSR count). The SMILES string of the molecule is Cc1ccc(C2=NN=C(c3ccc(C)cc3)c3c(n(C)c(=O)n(C)c3=O)C2)cc1. The summed E-state index contributed by atoms with van der Waals surface area (Å²) in [6.07, 6.45) is 0.346. The molecule has 1 aliphatic rings. The van der Waals surface area contributed by atoms with E-state index < -0.39 is 0 Å². The first-order chi connectivity index (χ1) is 13.9. The van der Waals surface area contributed by atoms with Gasteiger partial charge in [0, 0.05) is 31.8 Å². The van der Waals surface area contributed by atoms with Gasteiger partial charge >= 0.3 is 5.69 Å². The molecule has 3 aromatic rings. The minimum absolute atomic E-state index is 0.346. The summed E-state index contributed by atoms with van der Waals surface area (Å²) in [5, 5.41) is 8.99. The van der Waals surface area contributed by atoms with Crippen LogP contribution in [0.5, 0.6) is 0 Å². The minimum Gasteiger partial charge on any atom is -0.300 e. The Balaban J connectivity index is 2.01. The molecule has 1 aromatic heterocycles. The summed E-state index contributed by atoms with van der Waals surface area (Å²) in [7, 11) is 3.18. The Hall–Kier alpha value is -3.54. The molecule has 0 aliphatic carbocycles. The fraction of sp³-hybridized carbons (Fsp3) is 0.217. The van der Waals surface area contributed by atoms with Crippen LogP contribution in [0.4, 0.5) is 0 Å². The second kappa shape index (κ2) is 7.13. The molecule has 0 saturated heterocycles. The van der Waals surface area contributed by atoms with Crippen molar-refractivity contribution >= 4 is 11.4 Å². The summed E-state index contributed by atoms with van der Waals surface area (Å²) < 4.78 is 2.65. The van der Waals surface area contributed by atoms with Crippen molar-refractivity contribution in [2.24, 2.45) is 24.3 Å². The summed E-state index contributed by atoms with van der Waals surface area (Å²) in [6, 6.07) is 15.8. The normalized spacial score (nSPS) is 13.4. The Morgan fingerprint density at radius 2 is 1.31 bits per heavy atom. The van der Waals surface area contributed by atoms with Crippen LogP contribution in [0.1, 0.15) is 33.5 Å². The molecule has 0 radical (unpaired) electrons. The predicted octanol–water partition coefficient (Wildman–Crippen LogP) is 2.50. The van der Waals surface area contributed by atoms with E-state index in [-0.39, 0.29) is 11.2 Å². The van der Waals surface area contributed by atoms with E-state index in [4.69, 9.17) is 0 Å². The molecule has 0 saturated carbocycles. The lowest BCUT2D eigenvalue weighted by atomic mass is 9.97. The van der Waals surface area contributed by atoms with Gasteiger partial charge in [-0.15, -0.1) is 5.10 Å². The van der Waals surface area contributed by atoms with E-state index in [1.807, 2.05) is 62.4 Å². The number of hydrogen-bond donors (Lipinski definition) is 0. The van der Waals surface area contributed by atoms with Crippen LogP contribution >= 0.6 is 0 Å². The van der Waals surface area contributed by atoms with Gasteiger partial charge in [-0.05, 0) is 19.4 Å². The molecule has 2 aromatic carbocycles. The average molecular weight is 386 g/mol.